The third-order valence-corrected chi connectivity index (χ3v) is 2.49. The van der Waals surface area contributed by atoms with Crippen molar-refractivity contribution in [3.63, 3.8) is 0 Å². The van der Waals surface area contributed by atoms with E-state index in [0.717, 1.165) is 6.54 Å². The van der Waals surface area contributed by atoms with Crippen LogP contribution in [0.1, 0.15) is 12.8 Å². The van der Waals surface area contributed by atoms with Gasteiger partial charge in [0.2, 0.25) is 0 Å². The Morgan fingerprint density at radius 3 is 2.80 bits per heavy atom. The molecule has 1 heterocycles. The van der Waals surface area contributed by atoms with Crippen LogP contribution in [0.25, 0.3) is 0 Å². The molecule has 15 heavy (non-hydrogen) atoms. The van der Waals surface area contributed by atoms with Crippen molar-refractivity contribution in [2.75, 3.05) is 4.72 Å². The topological polar surface area (TPSA) is 87.0 Å². The molecule has 6 nitrogen and oxygen atoms in total. The van der Waals surface area contributed by atoms with Gasteiger partial charge in [0.15, 0.2) is 16.1 Å². The zero-order chi connectivity index (χ0) is 10.2. The molecule has 2 rings (SSSR count). The quantitative estimate of drug-likeness (QED) is 0.440. The fraction of sp³-hybridized carbons (Fsp3) is 0.571. The van der Waals surface area contributed by atoms with Gasteiger partial charge in [0.05, 0.1) is 6.33 Å². The van der Waals surface area contributed by atoms with E-state index >= 15 is 0 Å². The van der Waals surface area contributed by atoms with E-state index in [4.69, 9.17) is 0 Å². The molecule has 1 saturated carbocycles. The summed E-state index contributed by atoms with van der Waals surface area (Å²) < 4.78 is 34.5. The molecular weight excluding hydrogens is 213 g/mol. The molecule has 1 fully saturated rings. The Hall–Kier alpha value is -0.483. The zero-order valence-electron chi connectivity index (χ0n) is 8.38. The second-order valence-electron chi connectivity index (χ2n) is 3.46. The molecule has 0 amide bonds. The molecule has 0 saturated heterocycles. The molecule has 1 N–H and O–H groups in total. The number of nitrogens with zero attached hydrogens (tertiary/aromatic N) is 2. The monoisotopic (exact) mass is 223 g/mol. The van der Waals surface area contributed by atoms with Crippen LogP contribution >= 0.6 is 0 Å². The van der Waals surface area contributed by atoms with Crippen LogP contribution in [-0.4, -0.2) is 22.5 Å². The summed E-state index contributed by atoms with van der Waals surface area (Å²) in [5.74, 6) is 0.765. The van der Waals surface area contributed by atoms with E-state index in [1.165, 1.54) is 25.4 Å². The minimum Gasteiger partial charge on any atom is -0.731 e. The number of imidazole rings is 1. The average Bonchev–Trinajstić information content (AvgIpc) is 2.71. The van der Waals surface area contributed by atoms with Gasteiger partial charge in [0.1, 0.15) is 0 Å². The van der Waals surface area contributed by atoms with E-state index in [9.17, 15) is 13.0 Å². The summed E-state index contributed by atoms with van der Waals surface area (Å²) in [7, 11) is -4.45. The summed E-state index contributed by atoms with van der Waals surface area (Å²) in [6, 6.07) is 0. The van der Waals surface area contributed by atoms with Crippen molar-refractivity contribution < 1.29 is 31.8 Å². The Balaban J connectivity index is 0.00000112. The maximum absolute atomic E-state index is 10.3. The van der Waals surface area contributed by atoms with Gasteiger partial charge in [-0.05, 0) is 18.8 Å². The maximum atomic E-state index is 10.3. The van der Waals surface area contributed by atoms with E-state index in [2.05, 4.69) is 4.98 Å². The van der Waals surface area contributed by atoms with Crippen LogP contribution in [-0.2, 0) is 16.8 Å². The molecule has 0 atom stereocenters. The Labute approximate surface area is 100 Å². The van der Waals surface area contributed by atoms with E-state index in [1.54, 1.807) is 9.29 Å². The number of anilines is 1. The number of aromatic nitrogens is 2. The number of hydrogen-bond donors (Lipinski definition) is 1. The largest absolute Gasteiger partial charge is 1.00 e. The molecule has 0 radical (unpaired) electrons. The van der Waals surface area contributed by atoms with Crippen LogP contribution in [0.15, 0.2) is 12.5 Å². The predicted molar refractivity (Wildman–Crippen MR) is 48.3 cm³/mol. The molecule has 0 bridgehead atoms. The van der Waals surface area contributed by atoms with Crippen molar-refractivity contribution in [3.05, 3.63) is 12.5 Å². The molecule has 1 aliphatic rings. The van der Waals surface area contributed by atoms with Gasteiger partial charge in [-0.25, -0.2) is 13.4 Å². The minimum absolute atomic E-state index is 0. The normalized spacial score (nSPS) is 15.8. The first-order valence-corrected chi connectivity index (χ1v) is 5.69. The Bertz CT molecular complexity index is 426. The van der Waals surface area contributed by atoms with Crippen molar-refractivity contribution in [1.82, 2.24) is 9.55 Å². The standard InChI is InChI=1S/C7H11N3O3S.Li/c11-14(12,13)9-7-4-10(5-8-7)3-6-1-2-6;/h4-6,9H,1-3H2,(H,11,12,13);/q;+1/p-1. The fourth-order valence-corrected chi connectivity index (χ4v) is 1.60. The van der Waals surface area contributed by atoms with Gasteiger partial charge < -0.3 is 9.12 Å². The third-order valence-electron chi connectivity index (χ3n) is 2.03. The summed E-state index contributed by atoms with van der Waals surface area (Å²) in [5, 5.41) is 0. The molecule has 1 aromatic rings. The van der Waals surface area contributed by atoms with Crippen molar-refractivity contribution in [2.24, 2.45) is 5.92 Å². The SMILES string of the molecule is O=S(=O)([O-])Nc1cn(CC2CC2)cn1.[Li+]. The Kier molecular flexibility index (Phi) is 3.84. The van der Waals surface area contributed by atoms with Crippen molar-refractivity contribution in [3.8, 4) is 0 Å². The molecule has 8 heteroatoms. The van der Waals surface area contributed by atoms with E-state index in [0.29, 0.717) is 5.92 Å². The summed E-state index contributed by atoms with van der Waals surface area (Å²) in [5.41, 5.74) is 0. The molecule has 0 unspecified atom stereocenters. The van der Waals surface area contributed by atoms with Gasteiger partial charge in [-0.3, -0.25) is 4.72 Å². The summed E-state index contributed by atoms with van der Waals surface area (Å²) in [6.45, 7) is 0.841. The first kappa shape index (κ1) is 12.6. The summed E-state index contributed by atoms with van der Waals surface area (Å²) >= 11 is 0. The summed E-state index contributed by atoms with van der Waals surface area (Å²) in [6.07, 6.45) is 5.46. The maximum Gasteiger partial charge on any atom is 1.00 e. The first-order valence-electron chi connectivity index (χ1n) is 4.28. The molecule has 0 aromatic carbocycles. The van der Waals surface area contributed by atoms with Crippen LogP contribution in [0.4, 0.5) is 5.82 Å². The van der Waals surface area contributed by atoms with Crippen LogP contribution in [0, 0.1) is 5.92 Å². The molecule has 0 aliphatic heterocycles. The Morgan fingerprint density at radius 2 is 2.27 bits per heavy atom. The van der Waals surface area contributed by atoms with E-state index < -0.39 is 10.3 Å². The third kappa shape index (κ3) is 4.26. The van der Waals surface area contributed by atoms with Gasteiger partial charge in [-0.1, -0.05) is 0 Å². The average molecular weight is 223 g/mol. The fourth-order valence-electron chi connectivity index (χ4n) is 1.24. The second-order valence-corrected chi connectivity index (χ2v) is 4.57. The van der Waals surface area contributed by atoms with Crippen LogP contribution in [0.5, 0.6) is 0 Å². The smallest absolute Gasteiger partial charge is 0.731 e. The van der Waals surface area contributed by atoms with Gasteiger partial charge in [-0.2, -0.15) is 0 Å². The molecular formula is C7H10LiN3O3S. The minimum atomic E-state index is -4.45. The van der Waals surface area contributed by atoms with Gasteiger partial charge in [0, 0.05) is 12.7 Å². The van der Waals surface area contributed by atoms with Gasteiger partial charge >= 0.3 is 18.9 Å². The van der Waals surface area contributed by atoms with Crippen LogP contribution in [0.2, 0.25) is 0 Å². The molecule has 1 aliphatic carbocycles. The number of rotatable bonds is 4. The predicted octanol–water partition coefficient (Wildman–Crippen LogP) is -2.83. The van der Waals surface area contributed by atoms with Crippen molar-refractivity contribution in [2.45, 2.75) is 19.4 Å². The van der Waals surface area contributed by atoms with Crippen molar-refractivity contribution >= 4 is 16.1 Å². The van der Waals surface area contributed by atoms with Gasteiger partial charge in [0.25, 0.3) is 0 Å². The summed E-state index contributed by atoms with van der Waals surface area (Å²) in [4.78, 5) is 3.76. The van der Waals surface area contributed by atoms with Gasteiger partial charge in [-0.15, -0.1) is 0 Å². The second kappa shape index (κ2) is 4.57. The Morgan fingerprint density at radius 1 is 1.60 bits per heavy atom. The molecule has 1 aromatic heterocycles. The zero-order valence-corrected chi connectivity index (χ0v) is 9.20. The van der Waals surface area contributed by atoms with Crippen LogP contribution < -0.4 is 23.6 Å². The van der Waals surface area contributed by atoms with Crippen molar-refractivity contribution in [1.29, 1.82) is 0 Å². The molecule has 78 valence electrons. The van der Waals surface area contributed by atoms with Crippen LogP contribution in [0.3, 0.4) is 0 Å². The number of hydrogen-bond acceptors (Lipinski definition) is 4. The van der Waals surface area contributed by atoms with E-state index in [1.807, 2.05) is 0 Å². The molecule has 0 spiro atoms. The first-order chi connectivity index (χ1) is 6.53. The van der Waals surface area contributed by atoms with E-state index in [-0.39, 0.29) is 24.7 Å². The number of nitrogens with one attached hydrogen (secondary N) is 1.